The number of anilines is 1. The Balaban J connectivity index is 1.73. The summed E-state index contributed by atoms with van der Waals surface area (Å²) in [6, 6.07) is 11.8. The molecule has 4 nitrogen and oxygen atoms in total. The highest BCUT2D eigenvalue weighted by Gasteiger charge is 2.31. The zero-order chi connectivity index (χ0) is 16.5. The minimum Gasteiger partial charge on any atom is -0.369 e. The van der Waals surface area contributed by atoms with Crippen LogP contribution in [-0.4, -0.2) is 22.3 Å². The first kappa shape index (κ1) is 14.5. The monoisotopic (exact) mass is 319 g/mol. The van der Waals surface area contributed by atoms with Crippen molar-refractivity contribution in [1.29, 1.82) is 0 Å². The van der Waals surface area contributed by atoms with Gasteiger partial charge in [-0.25, -0.2) is 9.37 Å². The third kappa shape index (κ3) is 2.44. The molecule has 1 aromatic carbocycles. The number of pyridine rings is 2. The molecular weight excluding hydrogens is 305 g/mol. The zero-order valence-electron chi connectivity index (χ0n) is 12.7. The Morgan fingerprint density at radius 3 is 2.79 bits per heavy atom. The number of ketones is 1. The fraction of sp³-hybridized carbons (Fsp3) is 0.105. The van der Waals surface area contributed by atoms with Gasteiger partial charge in [-0.1, -0.05) is 18.2 Å². The molecule has 1 aliphatic rings. The molecule has 0 radical (unpaired) electrons. The third-order valence-corrected chi connectivity index (χ3v) is 4.22. The maximum Gasteiger partial charge on any atom is 0.175 e. The summed E-state index contributed by atoms with van der Waals surface area (Å²) in [5.74, 6) is -0.491. The largest absolute Gasteiger partial charge is 0.369 e. The fourth-order valence-electron chi connectivity index (χ4n) is 2.98. The van der Waals surface area contributed by atoms with Crippen LogP contribution in [0.1, 0.15) is 21.8 Å². The number of halogens is 1. The van der Waals surface area contributed by atoms with Crippen LogP contribution in [0.2, 0.25) is 0 Å². The van der Waals surface area contributed by atoms with Gasteiger partial charge in [0.05, 0.1) is 11.5 Å². The van der Waals surface area contributed by atoms with Gasteiger partial charge in [-0.15, -0.1) is 0 Å². The van der Waals surface area contributed by atoms with Gasteiger partial charge >= 0.3 is 0 Å². The van der Waals surface area contributed by atoms with Gasteiger partial charge < -0.3 is 5.32 Å². The van der Waals surface area contributed by atoms with Crippen molar-refractivity contribution in [2.45, 2.75) is 5.92 Å². The minimum atomic E-state index is -0.493. The maximum absolute atomic E-state index is 13.9. The van der Waals surface area contributed by atoms with Crippen molar-refractivity contribution in [3.05, 3.63) is 78.0 Å². The molecule has 0 aliphatic carbocycles. The van der Waals surface area contributed by atoms with Gasteiger partial charge in [-0.05, 0) is 24.3 Å². The Morgan fingerprint density at radius 2 is 2.00 bits per heavy atom. The second-order valence-corrected chi connectivity index (χ2v) is 5.68. The van der Waals surface area contributed by atoms with Crippen LogP contribution >= 0.6 is 0 Å². The lowest BCUT2D eigenvalue weighted by Gasteiger charge is -2.11. The number of nitrogens with one attached hydrogen (secondary N) is 1. The van der Waals surface area contributed by atoms with Gasteiger partial charge in [0.1, 0.15) is 11.6 Å². The second-order valence-electron chi connectivity index (χ2n) is 5.68. The van der Waals surface area contributed by atoms with E-state index in [1.54, 1.807) is 30.7 Å². The Kier molecular flexibility index (Phi) is 3.54. The number of rotatable bonds is 3. The highest BCUT2D eigenvalue weighted by Crippen LogP contribution is 2.35. The number of carbonyl (C=O) groups excluding carboxylic acids is 1. The van der Waals surface area contributed by atoms with Crippen LogP contribution in [0.4, 0.5) is 10.2 Å². The fourth-order valence-corrected chi connectivity index (χ4v) is 2.98. The number of Topliss-reactive ketones (excluding diaryl/α,β-unsaturated/α-hetero) is 1. The molecule has 3 heterocycles. The molecule has 0 saturated carbocycles. The number of hydrogen-bond donors (Lipinski definition) is 1. The Morgan fingerprint density at radius 1 is 1.12 bits per heavy atom. The van der Waals surface area contributed by atoms with Crippen LogP contribution in [0.25, 0.3) is 11.1 Å². The molecule has 0 bridgehead atoms. The van der Waals surface area contributed by atoms with E-state index in [1.807, 2.05) is 18.2 Å². The number of benzene rings is 1. The molecule has 4 rings (SSSR count). The van der Waals surface area contributed by atoms with Gasteiger partial charge in [-0.2, -0.15) is 0 Å². The van der Waals surface area contributed by atoms with Crippen LogP contribution in [0.15, 0.2) is 61.1 Å². The van der Waals surface area contributed by atoms with Crippen molar-refractivity contribution in [1.82, 2.24) is 9.97 Å². The molecule has 0 amide bonds. The van der Waals surface area contributed by atoms with Crippen molar-refractivity contribution >= 4 is 11.6 Å². The molecule has 2 aromatic heterocycles. The molecule has 1 unspecified atom stereocenters. The summed E-state index contributed by atoms with van der Waals surface area (Å²) in [4.78, 5) is 21.3. The summed E-state index contributed by atoms with van der Waals surface area (Å²) in [5.41, 5.74) is 2.72. The standard InChI is InChI=1S/C19H14FN3O/c20-17-6-2-1-5-14(17)18(24)16-11-23-19-15(16)8-13(10-22-19)12-4-3-7-21-9-12/h1-10,16H,11H2,(H,22,23). The van der Waals surface area contributed by atoms with E-state index in [0.29, 0.717) is 12.4 Å². The lowest BCUT2D eigenvalue weighted by molar-refractivity contribution is 0.0962. The summed E-state index contributed by atoms with van der Waals surface area (Å²) >= 11 is 0. The number of carbonyl (C=O) groups is 1. The summed E-state index contributed by atoms with van der Waals surface area (Å²) in [5, 5.41) is 3.13. The topological polar surface area (TPSA) is 54.9 Å². The Hall–Kier alpha value is -3.08. The number of aromatic nitrogens is 2. The van der Waals surface area contributed by atoms with Gasteiger partial charge in [0.15, 0.2) is 5.78 Å². The molecule has 5 heteroatoms. The summed E-state index contributed by atoms with van der Waals surface area (Å²) in [6.45, 7) is 0.423. The average Bonchev–Trinajstić information content (AvgIpc) is 3.05. The Bertz CT molecular complexity index is 911. The average molecular weight is 319 g/mol. The van der Waals surface area contributed by atoms with Gasteiger partial charge in [-0.3, -0.25) is 9.78 Å². The minimum absolute atomic E-state index is 0.115. The summed E-state index contributed by atoms with van der Waals surface area (Å²) in [6.07, 6.45) is 5.20. The molecule has 118 valence electrons. The first-order valence-electron chi connectivity index (χ1n) is 7.67. The lowest BCUT2D eigenvalue weighted by Crippen LogP contribution is -2.16. The second kappa shape index (κ2) is 5.85. The van der Waals surface area contributed by atoms with Crippen molar-refractivity contribution in [3.8, 4) is 11.1 Å². The van der Waals surface area contributed by atoms with Crippen molar-refractivity contribution in [2.75, 3.05) is 11.9 Å². The quantitative estimate of drug-likeness (QED) is 0.748. The van der Waals surface area contributed by atoms with Gasteiger partial charge in [0.25, 0.3) is 0 Å². The van der Waals surface area contributed by atoms with Crippen molar-refractivity contribution < 1.29 is 9.18 Å². The van der Waals surface area contributed by atoms with E-state index < -0.39 is 11.7 Å². The highest BCUT2D eigenvalue weighted by molar-refractivity contribution is 6.03. The number of hydrogen-bond acceptors (Lipinski definition) is 4. The molecule has 1 aliphatic heterocycles. The lowest BCUT2D eigenvalue weighted by atomic mass is 9.91. The molecule has 1 atom stereocenters. The predicted octanol–water partition coefficient (Wildman–Crippen LogP) is 3.67. The first-order chi connectivity index (χ1) is 11.7. The SMILES string of the molecule is O=C(c1ccccc1F)C1CNc2ncc(-c3cccnc3)cc21. The van der Waals surface area contributed by atoms with Crippen molar-refractivity contribution in [3.63, 3.8) is 0 Å². The predicted molar refractivity (Wildman–Crippen MR) is 89.4 cm³/mol. The number of nitrogens with zero attached hydrogens (tertiary/aromatic N) is 2. The molecule has 0 spiro atoms. The van der Waals surface area contributed by atoms with Gasteiger partial charge in [0.2, 0.25) is 0 Å². The third-order valence-electron chi connectivity index (χ3n) is 4.22. The highest BCUT2D eigenvalue weighted by atomic mass is 19.1. The van der Waals surface area contributed by atoms with Crippen LogP contribution in [0.5, 0.6) is 0 Å². The van der Waals surface area contributed by atoms with E-state index in [4.69, 9.17) is 0 Å². The van der Waals surface area contributed by atoms with E-state index in [-0.39, 0.29) is 11.3 Å². The van der Waals surface area contributed by atoms with E-state index in [9.17, 15) is 9.18 Å². The van der Waals surface area contributed by atoms with Crippen LogP contribution in [-0.2, 0) is 0 Å². The number of fused-ring (bicyclic) bond motifs is 1. The van der Waals surface area contributed by atoms with Crippen LogP contribution < -0.4 is 5.32 Å². The van der Waals surface area contributed by atoms with Crippen LogP contribution in [0.3, 0.4) is 0 Å². The van der Waals surface area contributed by atoms with Crippen molar-refractivity contribution in [2.24, 2.45) is 0 Å². The van der Waals surface area contributed by atoms with E-state index >= 15 is 0 Å². The smallest absolute Gasteiger partial charge is 0.175 e. The van der Waals surface area contributed by atoms with Crippen LogP contribution in [0, 0.1) is 5.82 Å². The van der Waals surface area contributed by atoms with E-state index in [2.05, 4.69) is 15.3 Å². The molecule has 24 heavy (non-hydrogen) atoms. The molecular formula is C19H14FN3O. The molecule has 0 fully saturated rings. The van der Waals surface area contributed by atoms with Gasteiger partial charge in [0, 0.05) is 41.8 Å². The molecule has 3 aromatic rings. The molecule has 1 N–H and O–H groups in total. The normalized spacial score (nSPS) is 15.6. The zero-order valence-corrected chi connectivity index (χ0v) is 12.7. The Labute approximate surface area is 138 Å². The van der Waals surface area contributed by atoms with E-state index in [1.165, 1.54) is 12.1 Å². The maximum atomic E-state index is 13.9. The summed E-state index contributed by atoms with van der Waals surface area (Å²) in [7, 11) is 0. The summed E-state index contributed by atoms with van der Waals surface area (Å²) < 4.78 is 13.9. The van der Waals surface area contributed by atoms with E-state index in [0.717, 1.165) is 16.7 Å². The first-order valence-corrected chi connectivity index (χ1v) is 7.67. The molecule has 0 saturated heterocycles.